The summed E-state index contributed by atoms with van der Waals surface area (Å²) in [7, 11) is 0. The molecule has 6 heteroatoms. The lowest BCUT2D eigenvalue weighted by molar-refractivity contribution is 0.0806. The third-order valence-electron chi connectivity index (χ3n) is 4.09. The summed E-state index contributed by atoms with van der Waals surface area (Å²) in [6, 6.07) is 0.0640. The first-order chi connectivity index (χ1) is 9.54. The number of anilines is 1. The van der Waals surface area contributed by atoms with Crippen LogP contribution in [0.15, 0.2) is 0 Å². The molecule has 0 spiro atoms. The van der Waals surface area contributed by atoms with E-state index in [0.29, 0.717) is 5.13 Å². The Balaban J connectivity index is 1.59. The van der Waals surface area contributed by atoms with Crippen LogP contribution in [0.3, 0.4) is 0 Å². The number of aryl methyl sites for hydroxylation is 1. The van der Waals surface area contributed by atoms with E-state index >= 15 is 0 Å². The van der Waals surface area contributed by atoms with Crippen molar-refractivity contribution in [2.75, 3.05) is 18.5 Å². The van der Waals surface area contributed by atoms with Crippen molar-refractivity contribution in [3.63, 3.8) is 0 Å². The highest BCUT2D eigenvalue weighted by Crippen LogP contribution is 2.41. The number of rotatable bonds is 2. The molecule has 0 radical (unpaired) electrons. The van der Waals surface area contributed by atoms with Gasteiger partial charge in [0, 0.05) is 29.5 Å². The minimum atomic E-state index is -0.151. The van der Waals surface area contributed by atoms with E-state index < -0.39 is 0 Å². The molecule has 5 nitrogen and oxygen atoms in total. The average Bonchev–Trinajstić information content (AvgIpc) is 2.92. The summed E-state index contributed by atoms with van der Waals surface area (Å²) in [5.41, 5.74) is 1.30. The third kappa shape index (κ3) is 2.81. The van der Waals surface area contributed by atoms with Crippen LogP contribution in [0.2, 0.25) is 0 Å². The van der Waals surface area contributed by atoms with E-state index in [-0.39, 0.29) is 17.5 Å². The van der Waals surface area contributed by atoms with E-state index in [2.05, 4.69) is 29.5 Å². The molecule has 1 aliphatic carbocycles. The number of urea groups is 1. The zero-order valence-electron chi connectivity index (χ0n) is 12.0. The van der Waals surface area contributed by atoms with Crippen molar-refractivity contribution in [2.45, 2.75) is 51.0 Å². The summed E-state index contributed by atoms with van der Waals surface area (Å²) >= 11 is 1.61. The fraction of sp³-hybridized carbons (Fsp3) is 0.714. The van der Waals surface area contributed by atoms with Crippen LogP contribution in [0.4, 0.5) is 9.93 Å². The molecule has 1 aliphatic heterocycles. The Morgan fingerprint density at radius 2 is 2.15 bits per heavy atom. The van der Waals surface area contributed by atoms with Gasteiger partial charge in [-0.25, -0.2) is 9.78 Å². The monoisotopic (exact) mass is 295 g/mol. The molecule has 2 N–H and O–H groups in total. The highest BCUT2D eigenvalue weighted by molar-refractivity contribution is 7.16. The molecule has 1 fully saturated rings. The van der Waals surface area contributed by atoms with Gasteiger partial charge in [0.1, 0.15) is 0 Å². The van der Waals surface area contributed by atoms with Gasteiger partial charge in [-0.1, -0.05) is 13.8 Å². The van der Waals surface area contributed by atoms with Crippen molar-refractivity contribution in [3.05, 3.63) is 10.6 Å². The molecule has 2 heterocycles. The molecule has 0 aromatic carbocycles. The van der Waals surface area contributed by atoms with Gasteiger partial charge in [-0.15, -0.1) is 11.3 Å². The standard InChI is InChI=1S/C14H21N3O2S/c1-14(2)6-3-10-11(14)16-13(20-10)17-12(18)15-9-4-7-19-8-5-9/h9H,3-8H2,1-2H3,(H2,15,16,17,18). The number of hydrogen-bond donors (Lipinski definition) is 2. The zero-order valence-corrected chi connectivity index (χ0v) is 12.8. The Kier molecular flexibility index (Phi) is 3.69. The molecular formula is C14H21N3O2S. The molecule has 20 heavy (non-hydrogen) atoms. The maximum absolute atomic E-state index is 12.0. The second-order valence-corrected chi connectivity index (χ2v) is 7.24. The van der Waals surface area contributed by atoms with Crippen LogP contribution in [0.1, 0.15) is 43.7 Å². The molecule has 0 atom stereocenters. The number of hydrogen-bond acceptors (Lipinski definition) is 4. The lowest BCUT2D eigenvalue weighted by Gasteiger charge is -2.22. The van der Waals surface area contributed by atoms with Crippen LogP contribution in [0.5, 0.6) is 0 Å². The fourth-order valence-corrected chi connectivity index (χ4v) is 3.95. The highest BCUT2D eigenvalue weighted by Gasteiger charge is 2.34. The second kappa shape index (κ2) is 5.33. The van der Waals surface area contributed by atoms with Crippen LogP contribution in [-0.4, -0.2) is 30.3 Å². The average molecular weight is 295 g/mol. The van der Waals surface area contributed by atoms with Gasteiger partial charge in [0.2, 0.25) is 0 Å². The fourth-order valence-electron chi connectivity index (χ4n) is 2.81. The van der Waals surface area contributed by atoms with E-state index in [0.717, 1.165) is 44.6 Å². The number of carbonyl (C=O) groups is 1. The van der Waals surface area contributed by atoms with Gasteiger partial charge >= 0.3 is 6.03 Å². The molecule has 0 saturated carbocycles. The first-order valence-electron chi connectivity index (χ1n) is 7.20. The minimum absolute atomic E-state index is 0.142. The maximum Gasteiger partial charge on any atom is 0.321 e. The van der Waals surface area contributed by atoms with Gasteiger partial charge in [-0.05, 0) is 25.7 Å². The molecule has 1 aromatic heterocycles. The van der Waals surface area contributed by atoms with Crippen molar-refractivity contribution < 1.29 is 9.53 Å². The number of nitrogens with one attached hydrogen (secondary N) is 2. The number of amides is 2. The van der Waals surface area contributed by atoms with Crippen LogP contribution in [0, 0.1) is 0 Å². The summed E-state index contributed by atoms with van der Waals surface area (Å²) in [5.74, 6) is 0. The molecule has 2 amide bonds. The van der Waals surface area contributed by atoms with Crippen molar-refractivity contribution in [3.8, 4) is 0 Å². The number of aromatic nitrogens is 1. The Hall–Kier alpha value is -1.14. The van der Waals surface area contributed by atoms with Gasteiger partial charge in [0.05, 0.1) is 5.69 Å². The SMILES string of the molecule is CC1(C)CCc2sc(NC(=O)NC3CCOCC3)nc21. The second-order valence-electron chi connectivity index (χ2n) is 6.16. The number of thiazole rings is 1. The number of nitrogens with zero attached hydrogens (tertiary/aromatic N) is 1. The van der Waals surface area contributed by atoms with E-state index in [9.17, 15) is 4.79 Å². The molecule has 1 saturated heterocycles. The minimum Gasteiger partial charge on any atom is -0.381 e. The topological polar surface area (TPSA) is 63.2 Å². The predicted molar refractivity (Wildman–Crippen MR) is 79.5 cm³/mol. The number of carbonyl (C=O) groups excluding carboxylic acids is 1. The molecule has 0 bridgehead atoms. The first-order valence-corrected chi connectivity index (χ1v) is 8.02. The van der Waals surface area contributed by atoms with Crippen molar-refractivity contribution in [1.82, 2.24) is 10.3 Å². The van der Waals surface area contributed by atoms with Crippen LogP contribution in [0.25, 0.3) is 0 Å². The molecule has 2 aliphatic rings. The molecular weight excluding hydrogens is 274 g/mol. The van der Waals surface area contributed by atoms with E-state index in [1.165, 1.54) is 4.88 Å². The predicted octanol–water partition coefficient (Wildman–Crippen LogP) is 2.67. The summed E-state index contributed by atoms with van der Waals surface area (Å²) < 4.78 is 5.28. The van der Waals surface area contributed by atoms with E-state index in [1.54, 1.807) is 11.3 Å². The summed E-state index contributed by atoms with van der Waals surface area (Å²) in [5, 5.41) is 6.58. The van der Waals surface area contributed by atoms with Gasteiger partial charge in [0.25, 0.3) is 0 Å². The Morgan fingerprint density at radius 3 is 2.85 bits per heavy atom. The summed E-state index contributed by atoms with van der Waals surface area (Å²) in [6.45, 7) is 5.88. The van der Waals surface area contributed by atoms with E-state index in [1.807, 2.05) is 0 Å². The van der Waals surface area contributed by atoms with Gasteiger partial charge in [-0.3, -0.25) is 5.32 Å². The smallest absolute Gasteiger partial charge is 0.321 e. The van der Waals surface area contributed by atoms with Gasteiger partial charge in [0.15, 0.2) is 5.13 Å². The normalized spacial score (nSPS) is 21.5. The van der Waals surface area contributed by atoms with Gasteiger partial charge < -0.3 is 10.1 Å². The van der Waals surface area contributed by atoms with Crippen molar-refractivity contribution in [2.24, 2.45) is 0 Å². The van der Waals surface area contributed by atoms with Crippen LogP contribution >= 0.6 is 11.3 Å². The zero-order chi connectivity index (χ0) is 14.2. The maximum atomic E-state index is 12.0. The number of ether oxygens (including phenoxy) is 1. The van der Waals surface area contributed by atoms with Crippen molar-refractivity contribution in [1.29, 1.82) is 0 Å². The first kappa shape index (κ1) is 13.8. The Labute approximate surface area is 123 Å². The van der Waals surface area contributed by atoms with Gasteiger partial charge in [-0.2, -0.15) is 0 Å². The van der Waals surface area contributed by atoms with Crippen molar-refractivity contribution >= 4 is 22.5 Å². The lowest BCUT2D eigenvalue weighted by atomic mass is 9.91. The van der Waals surface area contributed by atoms with Crippen LogP contribution in [-0.2, 0) is 16.6 Å². The Bertz CT molecular complexity index is 507. The van der Waals surface area contributed by atoms with Crippen LogP contribution < -0.4 is 10.6 Å². The molecule has 0 unspecified atom stereocenters. The third-order valence-corrected chi connectivity index (χ3v) is 5.12. The summed E-state index contributed by atoms with van der Waals surface area (Å²) in [6.07, 6.45) is 3.99. The largest absolute Gasteiger partial charge is 0.381 e. The van der Waals surface area contributed by atoms with E-state index in [4.69, 9.17) is 4.74 Å². The summed E-state index contributed by atoms with van der Waals surface area (Å²) in [4.78, 5) is 17.9. The quantitative estimate of drug-likeness (QED) is 0.881. The Morgan fingerprint density at radius 1 is 1.40 bits per heavy atom. The highest BCUT2D eigenvalue weighted by atomic mass is 32.1. The number of fused-ring (bicyclic) bond motifs is 1. The lowest BCUT2D eigenvalue weighted by Crippen LogP contribution is -2.41. The molecule has 3 rings (SSSR count). The molecule has 110 valence electrons. The molecule has 1 aromatic rings.